The summed E-state index contributed by atoms with van der Waals surface area (Å²) in [6.45, 7) is 0.220. The van der Waals surface area contributed by atoms with Crippen molar-refractivity contribution in [3.8, 4) is 0 Å². The first kappa shape index (κ1) is 10.8. The highest BCUT2D eigenvalue weighted by Crippen LogP contribution is 2.26. The first-order chi connectivity index (χ1) is 5.96. The van der Waals surface area contributed by atoms with Crippen LogP contribution in [0, 0.1) is 0 Å². The van der Waals surface area contributed by atoms with Gasteiger partial charge in [-0.15, -0.1) is 11.6 Å². The van der Waals surface area contributed by atoms with Gasteiger partial charge in [-0.25, -0.2) is 0 Å². The second-order valence-corrected chi connectivity index (χ2v) is 4.05. The molecule has 2 atom stereocenters. The Bertz CT molecular complexity index is 200. The molecule has 0 bridgehead atoms. The van der Waals surface area contributed by atoms with Gasteiger partial charge in [-0.05, 0) is 6.42 Å². The lowest BCUT2D eigenvalue weighted by Crippen LogP contribution is -2.51. The van der Waals surface area contributed by atoms with Crippen LogP contribution in [-0.4, -0.2) is 47.8 Å². The van der Waals surface area contributed by atoms with E-state index in [4.69, 9.17) is 16.3 Å². The third-order valence-electron chi connectivity index (χ3n) is 2.04. The van der Waals surface area contributed by atoms with Crippen LogP contribution < -0.4 is 0 Å². The molecule has 1 rings (SSSR count). The number of nitrogens with zero attached hydrogens (tertiary/aromatic N) is 1. The van der Waals surface area contributed by atoms with Gasteiger partial charge in [0.25, 0.3) is 5.91 Å². The molecular formula is C8H14ClNO3. The highest BCUT2D eigenvalue weighted by molar-refractivity contribution is 6.20. The standard InChI is InChI=1S/C8H14ClNO3/c1-10(2)7(11)8(12)4-3-6(9)5-13-8/h6,12H,3-5H2,1-2H3. The molecule has 2 unspecified atom stereocenters. The van der Waals surface area contributed by atoms with E-state index in [1.165, 1.54) is 4.90 Å². The van der Waals surface area contributed by atoms with Crippen LogP contribution in [0.25, 0.3) is 0 Å². The summed E-state index contributed by atoms with van der Waals surface area (Å²) >= 11 is 5.77. The molecule has 0 aliphatic carbocycles. The van der Waals surface area contributed by atoms with E-state index in [9.17, 15) is 9.90 Å². The number of alkyl halides is 1. The first-order valence-electron chi connectivity index (χ1n) is 4.18. The topological polar surface area (TPSA) is 49.8 Å². The third kappa shape index (κ3) is 2.33. The Morgan fingerprint density at radius 2 is 2.31 bits per heavy atom. The summed E-state index contributed by atoms with van der Waals surface area (Å²) < 4.78 is 5.03. The molecule has 1 heterocycles. The number of ether oxygens (including phenoxy) is 1. The fraction of sp³-hybridized carbons (Fsp3) is 0.875. The van der Waals surface area contributed by atoms with E-state index < -0.39 is 11.7 Å². The Morgan fingerprint density at radius 1 is 1.69 bits per heavy atom. The molecule has 1 fully saturated rings. The number of likely N-dealkylation sites (N-methyl/N-ethyl adjacent to an activating group) is 1. The number of carbonyl (C=O) groups is 1. The number of amides is 1. The second kappa shape index (κ2) is 3.82. The molecule has 0 aromatic rings. The van der Waals surface area contributed by atoms with Crippen molar-refractivity contribution in [1.82, 2.24) is 4.90 Å². The summed E-state index contributed by atoms with van der Waals surface area (Å²) in [6.07, 6.45) is 0.857. The Kier molecular flexibility index (Phi) is 3.16. The molecule has 5 heteroatoms. The molecule has 0 saturated carbocycles. The average Bonchev–Trinajstić information content (AvgIpc) is 2.09. The van der Waals surface area contributed by atoms with Crippen molar-refractivity contribution in [3.63, 3.8) is 0 Å². The molecule has 1 amide bonds. The summed E-state index contributed by atoms with van der Waals surface area (Å²) in [5.41, 5.74) is 0. The molecule has 76 valence electrons. The number of carbonyl (C=O) groups excluding carboxylic acids is 1. The van der Waals surface area contributed by atoms with E-state index in [-0.39, 0.29) is 18.4 Å². The Morgan fingerprint density at radius 3 is 2.69 bits per heavy atom. The van der Waals surface area contributed by atoms with Gasteiger partial charge in [-0.1, -0.05) is 0 Å². The molecule has 1 N–H and O–H groups in total. The normalized spacial score (nSPS) is 34.3. The van der Waals surface area contributed by atoms with Crippen molar-refractivity contribution in [2.45, 2.75) is 24.0 Å². The van der Waals surface area contributed by atoms with Crippen molar-refractivity contribution in [2.24, 2.45) is 0 Å². The summed E-state index contributed by atoms with van der Waals surface area (Å²) in [5, 5.41) is 9.65. The Balaban J connectivity index is 2.61. The number of halogens is 1. The predicted molar refractivity (Wildman–Crippen MR) is 48.5 cm³/mol. The van der Waals surface area contributed by atoms with Crippen LogP contribution in [0.4, 0.5) is 0 Å². The second-order valence-electron chi connectivity index (χ2n) is 3.43. The molecule has 0 aromatic carbocycles. The van der Waals surface area contributed by atoms with Crippen LogP contribution in [0.5, 0.6) is 0 Å². The number of rotatable bonds is 1. The summed E-state index contributed by atoms with van der Waals surface area (Å²) in [5.74, 6) is -2.08. The largest absolute Gasteiger partial charge is 0.358 e. The van der Waals surface area contributed by atoms with Gasteiger partial charge in [0.15, 0.2) is 0 Å². The average molecular weight is 208 g/mol. The first-order valence-corrected chi connectivity index (χ1v) is 4.61. The van der Waals surface area contributed by atoms with Crippen molar-refractivity contribution in [2.75, 3.05) is 20.7 Å². The molecule has 0 aromatic heterocycles. The van der Waals surface area contributed by atoms with Crippen LogP contribution in [0.3, 0.4) is 0 Å². The van der Waals surface area contributed by atoms with Crippen molar-refractivity contribution in [1.29, 1.82) is 0 Å². The quantitative estimate of drug-likeness (QED) is 0.625. The van der Waals surface area contributed by atoms with Crippen molar-refractivity contribution >= 4 is 17.5 Å². The number of hydrogen-bond donors (Lipinski definition) is 1. The molecule has 1 aliphatic rings. The summed E-state index contributed by atoms with van der Waals surface area (Å²) in [7, 11) is 3.16. The SMILES string of the molecule is CN(C)C(=O)C1(O)CCC(Cl)CO1. The van der Waals surface area contributed by atoms with Gasteiger partial charge < -0.3 is 14.7 Å². The van der Waals surface area contributed by atoms with Crippen LogP contribution in [0.2, 0.25) is 0 Å². The lowest BCUT2D eigenvalue weighted by molar-refractivity contribution is -0.227. The fourth-order valence-corrected chi connectivity index (χ4v) is 1.43. The van der Waals surface area contributed by atoms with Crippen LogP contribution in [0.1, 0.15) is 12.8 Å². The van der Waals surface area contributed by atoms with Gasteiger partial charge in [0.2, 0.25) is 5.79 Å². The number of hydrogen-bond acceptors (Lipinski definition) is 3. The number of aliphatic hydroxyl groups is 1. The van der Waals surface area contributed by atoms with Crippen molar-refractivity contribution in [3.05, 3.63) is 0 Å². The summed E-state index contributed by atoms with van der Waals surface area (Å²) in [6, 6.07) is 0. The highest BCUT2D eigenvalue weighted by atomic mass is 35.5. The Hall–Kier alpha value is -0.320. The minimum absolute atomic E-state index is 0.102. The molecule has 0 spiro atoms. The monoisotopic (exact) mass is 207 g/mol. The zero-order chi connectivity index (χ0) is 10.1. The van der Waals surface area contributed by atoms with Gasteiger partial charge >= 0.3 is 0 Å². The maximum absolute atomic E-state index is 11.4. The van der Waals surface area contributed by atoms with Crippen molar-refractivity contribution < 1.29 is 14.6 Å². The third-order valence-corrected chi connectivity index (χ3v) is 2.38. The zero-order valence-electron chi connectivity index (χ0n) is 7.79. The highest BCUT2D eigenvalue weighted by Gasteiger charge is 2.41. The lowest BCUT2D eigenvalue weighted by Gasteiger charge is -2.34. The predicted octanol–water partition coefficient (Wildman–Crippen LogP) is 0.181. The van der Waals surface area contributed by atoms with Gasteiger partial charge in [0, 0.05) is 20.5 Å². The molecule has 1 saturated heterocycles. The zero-order valence-corrected chi connectivity index (χ0v) is 8.54. The van der Waals surface area contributed by atoms with Gasteiger partial charge in [0.1, 0.15) is 0 Å². The van der Waals surface area contributed by atoms with Crippen LogP contribution >= 0.6 is 11.6 Å². The van der Waals surface area contributed by atoms with Gasteiger partial charge in [-0.3, -0.25) is 4.79 Å². The molecule has 4 nitrogen and oxygen atoms in total. The van der Waals surface area contributed by atoms with Crippen LogP contribution in [-0.2, 0) is 9.53 Å². The van der Waals surface area contributed by atoms with E-state index in [2.05, 4.69) is 0 Å². The maximum Gasteiger partial charge on any atom is 0.282 e. The van der Waals surface area contributed by atoms with Gasteiger partial charge in [-0.2, -0.15) is 0 Å². The molecule has 13 heavy (non-hydrogen) atoms. The molecular weight excluding hydrogens is 194 g/mol. The lowest BCUT2D eigenvalue weighted by atomic mass is 10.0. The van der Waals surface area contributed by atoms with E-state index in [1.54, 1.807) is 14.1 Å². The molecule has 0 radical (unpaired) electrons. The van der Waals surface area contributed by atoms with Gasteiger partial charge in [0.05, 0.1) is 12.0 Å². The minimum atomic E-state index is -1.66. The fourth-order valence-electron chi connectivity index (χ4n) is 1.25. The van der Waals surface area contributed by atoms with Crippen LogP contribution in [0.15, 0.2) is 0 Å². The van der Waals surface area contributed by atoms with E-state index >= 15 is 0 Å². The van der Waals surface area contributed by atoms with E-state index in [1.807, 2.05) is 0 Å². The Labute approximate surface area is 82.4 Å². The summed E-state index contributed by atoms with van der Waals surface area (Å²) in [4.78, 5) is 12.7. The maximum atomic E-state index is 11.4. The van der Waals surface area contributed by atoms with E-state index in [0.29, 0.717) is 6.42 Å². The molecule has 1 aliphatic heterocycles. The minimum Gasteiger partial charge on any atom is -0.358 e. The van der Waals surface area contributed by atoms with E-state index in [0.717, 1.165) is 0 Å². The smallest absolute Gasteiger partial charge is 0.282 e.